The molecular formula is C11H20N4. The summed E-state index contributed by atoms with van der Waals surface area (Å²) in [5, 5.41) is 6.45. The van der Waals surface area contributed by atoms with Gasteiger partial charge >= 0.3 is 0 Å². The SMILES string of the molecule is CCCNc1cc(C)nc(NCCC)n1. The van der Waals surface area contributed by atoms with E-state index in [-0.39, 0.29) is 0 Å². The van der Waals surface area contributed by atoms with Crippen molar-refractivity contribution in [2.75, 3.05) is 23.7 Å². The van der Waals surface area contributed by atoms with Crippen LogP contribution in [0.3, 0.4) is 0 Å². The van der Waals surface area contributed by atoms with E-state index in [2.05, 4.69) is 34.4 Å². The molecule has 1 rings (SSSR count). The fourth-order valence-electron chi connectivity index (χ4n) is 1.23. The first kappa shape index (κ1) is 11.8. The highest BCUT2D eigenvalue weighted by atomic mass is 15.1. The molecule has 0 aromatic carbocycles. The van der Waals surface area contributed by atoms with Gasteiger partial charge < -0.3 is 10.6 Å². The Bertz CT molecular complexity index is 272. The van der Waals surface area contributed by atoms with Crippen LogP contribution in [0.1, 0.15) is 32.4 Å². The van der Waals surface area contributed by atoms with Gasteiger partial charge in [0.25, 0.3) is 0 Å². The molecule has 0 bridgehead atoms. The number of hydrogen-bond donors (Lipinski definition) is 2. The van der Waals surface area contributed by atoms with Crippen LogP contribution in [0.2, 0.25) is 0 Å². The summed E-state index contributed by atoms with van der Waals surface area (Å²) in [6.07, 6.45) is 2.18. The lowest BCUT2D eigenvalue weighted by molar-refractivity contribution is 0.933. The number of nitrogens with zero attached hydrogens (tertiary/aromatic N) is 2. The number of hydrogen-bond acceptors (Lipinski definition) is 4. The topological polar surface area (TPSA) is 49.8 Å². The molecule has 0 radical (unpaired) electrons. The minimum Gasteiger partial charge on any atom is -0.370 e. The van der Waals surface area contributed by atoms with Gasteiger partial charge in [-0.05, 0) is 19.8 Å². The van der Waals surface area contributed by atoms with Crippen LogP contribution in [-0.4, -0.2) is 23.1 Å². The minimum atomic E-state index is 0.718. The van der Waals surface area contributed by atoms with Crippen LogP contribution in [0.4, 0.5) is 11.8 Å². The van der Waals surface area contributed by atoms with Crippen molar-refractivity contribution < 1.29 is 0 Å². The van der Waals surface area contributed by atoms with E-state index in [1.165, 1.54) is 0 Å². The van der Waals surface area contributed by atoms with Gasteiger partial charge in [-0.25, -0.2) is 4.98 Å². The molecular weight excluding hydrogens is 188 g/mol. The van der Waals surface area contributed by atoms with Crippen molar-refractivity contribution in [3.05, 3.63) is 11.8 Å². The standard InChI is InChI=1S/C11H20N4/c1-4-6-12-10-8-9(3)14-11(15-10)13-7-5-2/h8H,4-7H2,1-3H3,(H2,12,13,14,15). The summed E-state index contributed by atoms with van der Waals surface area (Å²) in [4.78, 5) is 8.69. The van der Waals surface area contributed by atoms with E-state index in [9.17, 15) is 0 Å². The second-order valence-electron chi connectivity index (χ2n) is 3.57. The largest absolute Gasteiger partial charge is 0.370 e. The number of aromatic nitrogens is 2. The van der Waals surface area contributed by atoms with Gasteiger partial charge in [0.15, 0.2) is 0 Å². The highest BCUT2D eigenvalue weighted by molar-refractivity contribution is 5.41. The molecule has 0 aliphatic heterocycles. The fraction of sp³-hybridized carbons (Fsp3) is 0.636. The Balaban J connectivity index is 2.66. The number of aryl methyl sites for hydroxylation is 1. The summed E-state index contributed by atoms with van der Waals surface area (Å²) >= 11 is 0. The van der Waals surface area contributed by atoms with E-state index in [1.807, 2.05) is 13.0 Å². The maximum Gasteiger partial charge on any atom is 0.224 e. The van der Waals surface area contributed by atoms with Crippen molar-refractivity contribution in [2.24, 2.45) is 0 Å². The first-order valence-corrected chi connectivity index (χ1v) is 5.59. The Morgan fingerprint density at radius 1 is 1.07 bits per heavy atom. The van der Waals surface area contributed by atoms with E-state index in [0.717, 1.165) is 43.4 Å². The van der Waals surface area contributed by atoms with Crippen LogP contribution in [0.15, 0.2) is 6.07 Å². The highest BCUT2D eigenvalue weighted by Crippen LogP contribution is 2.09. The normalized spacial score (nSPS) is 10.1. The number of anilines is 2. The zero-order valence-electron chi connectivity index (χ0n) is 9.80. The van der Waals surface area contributed by atoms with Gasteiger partial charge in [-0.15, -0.1) is 0 Å². The van der Waals surface area contributed by atoms with Crippen LogP contribution in [-0.2, 0) is 0 Å². The Kier molecular flexibility index (Phi) is 4.87. The lowest BCUT2D eigenvalue weighted by Gasteiger charge is -2.08. The molecule has 84 valence electrons. The highest BCUT2D eigenvalue weighted by Gasteiger charge is 2.00. The zero-order valence-corrected chi connectivity index (χ0v) is 9.80. The monoisotopic (exact) mass is 208 g/mol. The van der Waals surface area contributed by atoms with Gasteiger partial charge in [0, 0.05) is 24.8 Å². The molecule has 0 amide bonds. The number of rotatable bonds is 6. The molecule has 0 fully saturated rings. The molecule has 2 N–H and O–H groups in total. The molecule has 1 heterocycles. The van der Waals surface area contributed by atoms with Gasteiger partial charge in [0.2, 0.25) is 5.95 Å². The van der Waals surface area contributed by atoms with E-state index in [0.29, 0.717) is 0 Å². The molecule has 1 aromatic heterocycles. The van der Waals surface area contributed by atoms with Crippen LogP contribution < -0.4 is 10.6 Å². The third kappa shape index (κ3) is 4.14. The van der Waals surface area contributed by atoms with E-state index < -0.39 is 0 Å². The average molecular weight is 208 g/mol. The maximum absolute atomic E-state index is 4.38. The van der Waals surface area contributed by atoms with Gasteiger partial charge in [0.05, 0.1) is 0 Å². The molecule has 15 heavy (non-hydrogen) atoms. The van der Waals surface area contributed by atoms with Crippen molar-refractivity contribution in [1.82, 2.24) is 9.97 Å². The van der Waals surface area contributed by atoms with Crippen molar-refractivity contribution in [3.63, 3.8) is 0 Å². The van der Waals surface area contributed by atoms with Crippen molar-refractivity contribution in [3.8, 4) is 0 Å². The average Bonchev–Trinajstić information content (AvgIpc) is 2.23. The quantitative estimate of drug-likeness (QED) is 0.754. The van der Waals surface area contributed by atoms with Crippen molar-refractivity contribution >= 4 is 11.8 Å². The molecule has 1 aromatic rings. The minimum absolute atomic E-state index is 0.718. The summed E-state index contributed by atoms with van der Waals surface area (Å²) in [5.74, 6) is 1.62. The van der Waals surface area contributed by atoms with E-state index in [4.69, 9.17) is 0 Å². The summed E-state index contributed by atoms with van der Waals surface area (Å²) in [5.41, 5.74) is 0.988. The lowest BCUT2D eigenvalue weighted by atomic mass is 10.4. The molecule has 4 nitrogen and oxygen atoms in total. The molecule has 0 atom stereocenters. The molecule has 0 unspecified atom stereocenters. The maximum atomic E-state index is 4.38. The Labute approximate surface area is 91.5 Å². The second-order valence-corrected chi connectivity index (χ2v) is 3.57. The van der Waals surface area contributed by atoms with Gasteiger partial charge in [-0.3, -0.25) is 0 Å². The third-order valence-electron chi connectivity index (χ3n) is 1.94. The van der Waals surface area contributed by atoms with Gasteiger partial charge in [-0.1, -0.05) is 13.8 Å². The third-order valence-corrected chi connectivity index (χ3v) is 1.94. The first-order chi connectivity index (χ1) is 7.26. The van der Waals surface area contributed by atoms with Crippen LogP contribution in [0, 0.1) is 6.92 Å². The van der Waals surface area contributed by atoms with Gasteiger partial charge in [0.1, 0.15) is 5.82 Å². The molecule has 0 aliphatic carbocycles. The lowest BCUT2D eigenvalue weighted by Crippen LogP contribution is -2.08. The Morgan fingerprint density at radius 2 is 1.73 bits per heavy atom. The summed E-state index contributed by atoms with van der Waals surface area (Å²) in [6, 6.07) is 1.97. The first-order valence-electron chi connectivity index (χ1n) is 5.59. The summed E-state index contributed by atoms with van der Waals surface area (Å²) < 4.78 is 0. The Morgan fingerprint density at radius 3 is 2.40 bits per heavy atom. The van der Waals surface area contributed by atoms with Crippen LogP contribution >= 0.6 is 0 Å². The predicted molar refractivity (Wildman–Crippen MR) is 64.3 cm³/mol. The molecule has 0 aliphatic rings. The second kappa shape index (κ2) is 6.22. The molecule has 0 saturated heterocycles. The van der Waals surface area contributed by atoms with E-state index in [1.54, 1.807) is 0 Å². The number of nitrogens with one attached hydrogen (secondary N) is 2. The molecule has 0 spiro atoms. The Hall–Kier alpha value is -1.32. The van der Waals surface area contributed by atoms with Gasteiger partial charge in [-0.2, -0.15) is 4.98 Å². The molecule has 0 saturated carbocycles. The van der Waals surface area contributed by atoms with E-state index >= 15 is 0 Å². The molecule has 4 heteroatoms. The van der Waals surface area contributed by atoms with Crippen LogP contribution in [0.25, 0.3) is 0 Å². The summed E-state index contributed by atoms with van der Waals surface area (Å²) in [7, 11) is 0. The zero-order chi connectivity index (χ0) is 11.1. The van der Waals surface area contributed by atoms with Crippen molar-refractivity contribution in [2.45, 2.75) is 33.6 Å². The summed E-state index contributed by atoms with van der Waals surface area (Å²) in [6.45, 7) is 8.10. The predicted octanol–water partition coefficient (Wildman–Crippen LogP) is 2.43. The van der Waals surface area contributed by atoms with Crippen LogP contribution in [0.5, 0.6) is 0 Å². The smallest absolute Gasteiger partial charge is 0.224 e. The van der Waals surface area contributed by atoms with Crippen molar-refractivity contribution in [1.29, 1.82) is 0 Å². The fourth-order valence-corrected chi connectivity index (χ4v) is 1.23.